The van der Waals surface area contributed by atoms with Gasteiger partial charge in [-0.25, -0.2) is 0 Å². The fourth-order valence-electron chi connectivity index (χ4n) is 2.02. The maximum Gasteiger partial charge on any atom is 0.110 e. The van der Waals surface area contributed by atoms with Gasteiger partial charge in [0, 0.05) is 4.47 Å². The first-order valence-corrected chi connectivity index (χ1v) is 5.42. The number of hydrogen-bond donors (Lipinski definition) is 1. The number of ether oxygens (including phenoxy) is 1. The summed E-state index contributed by atoms with van der Waals surface area (Å²) in [6, 6.07) is 6.39. The highest BCUT2D eigenvalue weighted by atomic mass is 79.9. The molecule has 0 radical (unpaired) electrons. The predicted molar refractivity (Wildman–Crippen MR) is 58.8 cm³/mol. The summed E-state index contributed by atoms with van der Waals surface area (Å²) in [5.74, 6) is 0. The molecule has 0 amide bonds. The third kappa shape index (κ3) is 1.06. The van der Waals surface area contributed by atoms with Crippen LogP contribution >= 0.6 is 15.9 Å². The summed E-state index contributed by atoms with van der Waals surface area (Å²) < 4.78 is 6.42. The van der Waals surface area contributed by atoms with Crippen LogP contribution in [0.3, 0.4) is 0 Å². The minimum Gasteiger partial charge on any atom is -0.377 e. The van der Waals surface area contributed by atoms with Gasteiger partial charge in [-0.05, 0) is 35.5 Å². The lowest BCUT2D eigenvalue weighted by Crippen LogP contribution is -2.56. The predicted octanol–water partition coefficient (Wildman–Crippen LogP) is 2.25. The summed E-state index contributed by atoms with van der Waals surface area (Å²) in [7, 11) is 0. The lowest BCUT2D eigenvalue weighted by Gasteiger charge is -2.44. The van der Waals surface area contributed by atoms with E-state index in [0.29, 0.717) is 0 Å². The first-order chi connectivity index (χ1) is 6.80. The van der Waals surface area contributed by atoms with E-state index in [-0.39, 0.29) is 5.54 Å². The number of benzene rings is 1. The second-order valence-corrected chi connectivity index (χ2v) is 4.70. The molecule has 0 saturated carbocycles. The molecular weight excluding hydrogens is 242 g/mol. The van der Waals surface area contributed by atoms with E-state index >= 15 is 0 Å². The molecule has 3 rings (SSSR count). The molecule has 0 aromatic heterocycles. The summed E-state index contributed by atoms with van der Waals surface area (Å²) in [6.45, 7) is 1.54. The van der Waals surface area contributed by atoms with E-state index in [0.717, 1.165) is 17.7 Å². The average molecular weight is 252 g/mol. The van der Waals surface area contributed by atoms with E-state index in [2.05, 4.69) is 45.5 Å². The highest BCUT2D eigenvalue weighted by Gasteiger charge is 2.41. The molecule has 2 aliphatic rings. The maximum absolute atomic E-state index is 5.29. The van der Waals surface area contributed by atoms with E-state index in [1.54, 1.807) is 0 Å². The summed E-state index contributed by atoms with van der Waals surface area (Å²) >= 11 is 3.48. The molecule has 2 aliphatic heterocycles. The van der Waals surface area contributed by atoms with Gasteiger partial charge in [-0.2, -0.15) is 0 Å². The maximum atomic E-state index is 5.29. The molecule has 0 unspecified atom stereocenters. The van der Waals surface area contributed by atoms with E-state index < -0.39 is 0 Å². The summed E-state index contributed by atoms with van der Waals surface area (Å²) in [5.41, 5.74) is 2.67. The van der Waals surface area contributed by atoms with Crippen LogP contribution in [0.25, 0.3) is 6.08 Å². The van der Waals surface area contributed by atoms with Gasteiger partial charge in [0.15, 0.2) is 0 Å². The lowest BCUT2D eigenvalue weighted by atomic mass is 9.83. The van der Waals surface area contributed by atoms with Crippen molar-refractivity contribution in [2.45, 2.75) is 5.54 Å². The molecule has 1 aromatic rings. The van der Waals surface area contributed by atoms with Crippen molar-refractivity contribution in [3.8, 4) is 0 Å². The zero-order valence-electron chi connectivity index (χ0n) is 7.59. The van der Waals surface area contributed by atoms with Crippen molar-refractivity contribution < 1.29 is 4.74 Å². The highest BCUT2D eigenvalue weighted by Crippen LogP contribution is 2.36. The van der Waals surface area contributed by atoms with Gasteiger partial charge in [0.05, 0.1) is 13.2 Å². The molecule has 1 spiro atoms. The molecule has 1 aromatic carbocycles. The molecule has 0 aliphatic carbocycles. The molecule has 0 atom stereocenters. The molecule has 1 N–H and O–H groups in total. The average Bonchev–Trinajstić information content (AvgIpc) is 2.13. The Kier molecular flexibility index (Phi) is 1.73. The van der Waals surface area contributed by atoms with E-state index in [4.69, 9.17) is 4.74 Å². The monoisotopic (exact) mass is 251 g/mol. The smallest absolute Gasteiger partial charge is 0.110 e. The Balaban J connectivity index is 2.16. The van der Waals surface area contributed by atoms with Crippen LogP contribution in [0.15, 0.2) is 28.9 Å². The van der Waals surface area contributed by atoms with Crippen LogP contribution in [0.4, 0.5) is 0 Å². The Morgan fingerprint density at radius 1 is 1.36 bits per heavy atom. The van der Waals surface area contributed by atoms with Crippen molar-refractivity contribution >= 4 is 22.0 Å². The Morgan fingerprint density at radius 2 is 2.21 bits per heavy atom. The summed E-state index contributed by atoms with van der Waals surface area (Å²) in [4.78, 5) is 0. The third-order valence-electron chi connectivity index (χ3n) is 2.85. The molecule has 14 heavy (non-hydrogen) atoms. The van der Waals surface area contributed by atoms with E-state index in [9.17, 15) is 0 Å². The van der Waals surface area contributed by atoms with Gasteiger partial charge >= 0.3 is 0 Å². The topological polar surface area (TPSA) is 21.3 Å². The molecule has 1 fully saturated rings. The zero-order valence-corrected chi connectivity index (χ0v) is 9.17. The molecule has 0 bridgehead atoms. The number of halogens is 1. The Labute approximate surface area is 91.1 Å². The van der Waals surface area contributed by atoms with Crippen molar-refractivity contribution in [1.82, 2.24) is 5.32 Å². The number of fused-ring (bicyclic) bond motifs is 2. The van der Waals surface area contributed by atoms with Crippen molar-refractivity contribution in [1.29, 1.82) is 0 Å². The minimum absolute atomic E-state index is 0.0464. The third-order valence-corrected chi connectivity index (χ3v) is 3.34. The standard InChI is InChI=1S/C11H10BrNO/c12-9-1-2-10-8(5-9)3-4-13-11(10)6-14-7-11/h1-5,13H,6-7H2. The van der Waals surface area contributed by atoms with Crippen LogP contribution in [0.2, 0.25) is 0 Å². The normalized spacial score (nSPS) is 21.2. The first kappa shape index (κ1) is 8.50. The Morgan fingerprint density at radius 3 is 2.93 bits per heavy atom. The van der Waals surface area contributed by atoms with Crippen LogP contribution in [0.1, 0.15) is 11.1 Å². The molecule has 2 heterocycles. The molecule has 2 nitrogen and oxygen atoms in total. The van der Waals surface area contributed by atoms with Crippen molar-refractivity contribution in [2.24, 2.45) is 0 Å². The molecular formula is C11H10BrNO. The number of rotatable bonds is 0. The van der Waals surface area contributed by atoms with Crippen molar-refractivity contribution in [3.63, 3.8) is 0 Å². The van der Waals surface area contributed by atoms with Crippen molar-refractivity contribution in [2.75, 3.05) is 13.2 Å². The number of hydrogen-bond acceptors (Lipinski definition) is 2. The lowest BCUT2D eigenvalue weighted by molar-refractivity contribution is -0.0724. The van der Waals surface area contributed by atoms with E-state index in [1.165, 1.54) is 11.1 Å². The first-order valence-electron chi connectivity index (χ1n) is 4.62. The fourth-order valence-corrected chi connectivity index (χ4v) is 2.40. The van der Waals surface area contributed by atoms with Crippen molar-refractivity contribution in [3.05, 3.63) is 40.0 Å². The molecule has 72 valence electrons. The van der Waals surface area contributed by atoms with Gasteiger partial charge in [0.1, 0.15) is 5.54 Å². The largest absolute Gasteiger partial charge is 0.377 e. The quantitative estimate of drug-likeness (QED) is 0.764. The second kappa shape index (κ2) is 2.84. The van der Waals surface area contributed by atoms with Gasteiger partial charge < -0.3 is 10.1 Å². The van der Waals surface area contributed by atoms with Gasteiger partial charge in [-0.15, -0.1) is 0 Å². The Hall–Kier alpha value is -0.800. The fraction of sp³-hybridized carbons (Fsp3) is 0.273. The van der Waals surface area contributed by atoms with Crippen LogP contribution in [-0.2, 0) is 10.3 Å². The zero-order chi connectivity index (χ0) is 9.60. The Bertz CT molecular complexity index is 410. The van der Waals surface area contributed by atoms with Gasteiger partial charge in [0.25, 0.3) is 0 Å². The SMILES string of the molecule is Brc1ccc2c(c1)C=CNC21COC1. The number of nitrogens with one attached hydrogen (secondary N) is 1. The van der Waals surface area contributed by atoms with Crippen LogP contribution in [0.5, 0.6) is 0 Å². The molecule has 1 saturated heterocycles. The van der Waals surface area contributed by atoms with Gasteiger partial charge in [0.2, 0.25) is 0 Å². The van der Waals surface area contributed by atoms with Crippen LogP contribution in [-0.4, -0.2) is 13.2 Å². The van der Waals surface area contributed by atoms with Crippen LogP contribution < -0.4 is 5.32 Å². The van der Waals surface area contributed by atoms with Gasteiger partial charge in [-0.3, -0.25) is 0 Å². The summed E-state index contributed by atoms with van der Waals surface area (Å²) in [6.07, 6.45) is 4.11. The van der Waals surface area contributed by atoms with E-state index in [1.807, 2.05) is 6.20 Å². The highest BCUT2D eigenvalue weighted by molar-refractivity contribution is 9.10. The molecule has 3 heteroatoms. The minimum atomic E-state index is 0.0464. The van der Waals surface area contributed by atoms with Gasteiger partial charge in [-0.1, -0.05) is 22.0 Å². The summed E-state index contributed by atoms with van der Waals surface area (Å²) in [5, 5.41) is 3.39. The van der Waals surface area contributed by atoms with Crippen LogP contribution in [0, 0.1) is 0 Å². The second-order valence-electron chi connectivity index (χ2n) is 3.78.